The number of aliphatic carboxylic acids is 1. The van der Waals surface area contributed by atoms with Crippen molar-refractivity contribution in [1.29, 1.82) is 0 Å². The second-order valence-electron chi connectivity index (χ2n) is 6.96. The van der Waals surface area contributed by atoms with E-state index in [2.05, 4.69) is 10.6 Å². The van der Waals surface area contributed by atoms with Crippen LogP contribution in [0.1, 0.15) is 52.9 Å². The fourth-order valence-electron chi connectivity index (χ4n) is 2.99. The van der Waals surface area contributed by atoms with E-state index in [0.717, 1.165) is 25.7 Å². The summed E-state index contributed by atoms with van der Waals surface area (Å²) in [6, 6.07) is -1.34. The third kappa shape index (κ3) is 6.11. The Balaban J connectivity index is 2.42. The van der Waals surface area contributed by atoms with Crippen LogP contribution < -0.4 is 16.4 Å². The summed E-state index contributed by atoms with van der Waals surface area (Å²) in [5, 5.41) is 14.8. The molecule has 0 aliphatic heterocycles. The van der Waals surface area contributed by atoms with E-state index in [9.17, 15) is 19.5 Å². The van der Waals surface area contributed by atoms with Crippen LogP contribution in [0.4, 0.5) is 0 Å². The van der Waals surface area contributed by atoms with Gasteiger partial charge in [0.15, 0.2) is 0 Å². The van der Waals surface area contributed by atoms with Gasteiger partial charge in [-0.05, 0) is 44.4 Å². The lowest BCUT2D eigenvalue weighted by atomic mass is 9.81. The molecular weight excluding hydrogens is 310 g/mol. The first-order valence-corrected chi connectivity index (χ1v) is 8.82. The third-order valence-corrected chi connectivity index (χ3v) is 4.97. The average Bonchev–Trinajstić information content (AvgIpc) is 2.56. The molecule has 2 amide bonds. The lowest BCUT2D eigenvalue weighted by Gasteiger charge is -2.29. The molecule has 0 unspecified atom stereocenters. The summed E-state index contributed by atoms with van der Waals surface area (Å²) in [6.07, 6.45) is 3.83. The molecule has 0 saturated heterocycles. The van der Waals surface area contributed by atoms with Gasteiger partial charge in [0.2, 0.25) is 11.8 Å². The van der Waals surface area contributed by atoms with E-state index >= 15 is 0 Å². The number of nitrogens with two attached hydrogens (primary N) is 1. The van der Waals surface area contributed by atoms with Gasteiger partial charge in [-0.25, -0.2) is 4.79 Å². The maximum absolute atomic E-state index is 12.3. The first-order valence-electron chi connectivity index (χ1n) is 8.82. The van der Waals surface area contributed by atoms with Crippen molar-refractivity contribution >= 4 is 17.8 Å². The van der Waals surface area contributed by atoms with E-state index < -0.39 is 18.1 Å². The lowest BCUT2D eigenvalue weighted by Crippen LogP contribution is -2.48. The standard InChI is InChI=1S/C17H31N3O4/c1-4-10(2)14(17(23)24)20-16(22)13-7-5-12(6-8-13)9-19-15(21)11(3)18/h10-14H,4-9,18H2,1-3H3,(H,19,21)(H,20,22)(H,23,24)/t10-,11-,12?,13?,14-/m0/s1. The van der Waals surface area contributed by atoms with Gasteiger partial charge in [-0.1, -0.05) is 20.3 Å². The maximum atomic E-state index is 12.3. The monoisotopic (exact) mass is 341 g/mol. The zero-order chi connectivity index (χ0) is 18.3. The summed E-state index contributed by atoms with van der Waals surface area (Å²) in [7, 11) is 0. The van der Waals surface area contributed by atoms with Gasteiger partial charge in [0.1, 0.15) is 6.04 Å². The molecule has 1 rings (SSSR count). The van der Waals surface area contributed by atoms with Crippen LogP contribution in [0.15, 0.2) is 0 Å². The Hall–Kier alpha value is -1.63. The first kappa shape index (κ1) is 20.4. The molecule has 7 heteroatoms. The zero-order valence-electron chi connectivity index (χ0n) is 14.9. The van der Waals surface area contributed by atoms with Crippen molar-refractivity contribution in [2.45, 2.75) is 65.0 Å². The van der Waals surface area contributed by atoms with Crippen molar-refractivity contribution in [2.24, 2.45) is 23.5 Å². The molecule has 0 aromatic rings. The molecule has 0 heterocycles. The van der Waals surface area contributed by atoms with Crippen molar-refractivity contribution in [3.63, 3.8) is 0 Å². The Kier molecular flexibility index (Phi) is 8.18. The Bertz CT molecular complexity index is 445. The molecule has 1 aliphatic rings. The molecule has 1 fully saturated rings. The Morgan fingerprint density at radius 3 is 2.21 bits per heavy atom. The van der Waals surface area contributed by atoms with Crippen LogP contribution in [-0.4, -0.2) is 41.5 Å². The van der Waals surface area contributed by atoms with Crippen LogP contribution in [-0.2, 0) is 14.4 Å². The van der Waals surface area contributed by atoms with Crippen LogP contribution in [0.5, 0.6) is 0 Å². The molecule has 1 aliphatic carbocycles. The highest BCUT2D eigenvalue weighted by molar-refractivity contribution is 5.85. The largest absolute Gasteiger partial charge is 0.480 e. The highest BCUT2D eigenvalue weighted by atomic mass is 16.4. The van der Waals surface area contributed by atoms with Gasteiger partial charge in [0, 0.05) is 12.5 Å². The predicted octanol–water partition coefficient (Wildman–Crippen LogP) is 0.872. The second kappa shape index (κ2) is 9.61. The zero-order valence-corrected chi connectivity index (χ0v) is 14.9. The molecular formula is C17H31N3O4. The van der Waals surface area contributed by atoms with Gasteiger partial charge in [-0.3, -0.25) is 9.59 Å². The molecule has 0 radical (unpaired) electrons. The number of carboxylic acid groups (broad SMARTS) is 1. The van der Waals surface area contributed by atoms with Crippen molar-refractivity contribution < 1.29 is 19.5 Å². The second-order valence-corrected chi connectivity index (χ2v) is 6.96. The number of carboxylic acids is 1. The summed E-state index contributed by atoms with van der Waals surface area (Å²) < 4.78 is 0. The smallest absolute Gasteiger partial charge is 0.326 e. The fourth-order valence-corrected chi connectivity index (χ4v) is 2.99. The SMILES string of the molecule is CC[C@H](C)[C@H](NC(=O)C1CCC(CNC(=O)[C@H](C)N)CC1)C(=O)O. The molecule has 0 aromatic carbocycles. The highest BCUT2D eigenvalue weighted by Crippen LogP contribution is 2.28. The van der Waals surface area contributed by atoms with Crippen LogP contribution >= 0.6 is 0 Å². The number of nitrogens with one attached hydrogen (secondary N) is 2. The van der Waals surface area contributed by atoms with E-state index in [1.807, 2.05) is 13.8 Å². The molecule has 1 saturated carbocycles. The number of carbonyl (C=O) groups is 3. The minimum absolute atomic E-state index is 0.101. The average molecular weight is 341 g/mol. The molecule has 0 spiro atoms. The van der Waals surface area contributed by atoms with Crippen LogP contribution in [0.2, 0.25) is 0 Å². The summed E-state index contributed by atoms with van der Waals surface area (Å²) in [5.74, 6) is -1.20. The summed E-state index contributed by atoms with van der Waals surface area (Å²) >= 11 is 0. The maximum Gasteiger partial charge on any atom is 0.326 e. The molecule has 7 nitrogen and oxygen atoms in total. The molecule has 5 N–H and O–H groups in total. The normalized spacial score (nSPS) is 24.5. The van der Waals surface area contributed by atoms with Gasteiger partial charge in [-0.2, -0.15) is 0 Å². The number of hydrogen-bond acceptors (Lipinski definition) is 4. The van der Waals surface area contributed by atoms with Crippen molar-refractivity contribution in [1.82, 2.24) is 10.6 Å². The minimum Gasteiger partial charge on any atom is -0.480 e. The summed E-state index contributed by atoms with van der Waals surface area (Å²) in [5.41, 5.74) is 5.51. The van der Waals surface area contributed by atoms with E-state index in [0.29, 0.717) is 18.9 Å². The number of carbonyl (C=O) groups excluding carboxylic acids is 2. The Labute approximate surface area is 143 Å². The fraction of sp³-hybridized carbons (Fsp3) is 0.824. The first-order chi connectivity index (χ1) is 11.3. The van der Waals surface area contributed by atoms with Crippen LogP contribution in [0.25, 0.3) is 0 Å². The number of rotatable bonds is 8. The lowest BCUT2D eigenvalue weighted by molar-refractivity contribution is -0.144. The van der Waals surface area contributed by atoms with Crippen molar-refractivity contribution in [3.05, 3.63) is 0 Å². The van der Waals surface area contributed by atoms with E-state index in [1.54, 1.807) is 6.92 Å². The van der Waals surface area contributed by atoms with Gasteiger partial charge in [-0.15, -0.1) is 0 Å². The van der Waals surface area contributed by atoms with Crippen LogP contribution in [0, 0.1) is 17.8 Å². The van der Waals surface area contributed by atoms with Crippen LogP contribution in [0.3, 0.4) is 0 Å². The van der Waals surface area contributed by atoms with Gasteiger partial charge in [0.05, 0.1) is 6.04 Å². The number of hydrogen-bond donors (Lipinski definition) is 4. The van der Waals surface area contributed by atoms with E-state index in [4.69, 9.17) is 5.73 Å². The molecule has 138 valence electrons. The van der Waals surface area contributed by atoms with Crippen molar-refractivity contribution in [2.75, 3.05) is 6.54 Å². The molecule has 0 aromatic heterocycles. The quantitative estimate of drug-likeness (QED) is 0.522. The molecule has 0 bridgehead atoms. The molecule has 3 atom stereocenters. The summed E-state index contributed by atoms with van der Waals surface area (Å²) in [6.45, 7) is 5.97. The predicted molar refractivity (Wildman–Crippen MR) is 91.1 cm³/mol. The van der Waals surface area contributed by atoms with Gasteiger partial charge in [0.25, 0.3) is 0 Å². The number of amides is 2. The van der Waals surface area contributed by atoms with E-state index in [1.165, 1.54) is 0 Å². The van der Waals surface area contributed by atoms with Gasteiger partial charge < -0.3 is 21.5 Å². The minimum atomic E-state index is -0.981. The Morgan fingerprint density at radius 1 is 1.17 bits per heavy atom. The van der Waals surface area contributed by atoms with Gasteiger partial charge >= 0.3 is 5.97 Å². The Morgan fingerprint density at radius 2 is 1.75 bits per heavy atom. The third-order valence-electron chi connectivity index (χ3n) is 4.97. The molecule has 24 heavy (non-hydrogen) atoms. The van der Waals surface area contributed by atoms with Crippen molar-refractivity contribution in [3.8, 4) is 0 Å². The van der Waals surface area contributed by atoms with E-state index in [-0.39, 0.29) is 23.7 Å². The highest BCUT2D eigenvalue weighted by Gasteiger charge is 2.31. The summed E-state index contributed by atoms with van der Waals surface area (Å²) in [4.78, 5) is 35.1. The topological polar surface area (TPSA) is 122 Å².